The maximum atomic E-state index is 12.5. The van der Waals surface area contributed by atoms with Crippen molar-refractivity contribution in [2.24, 2.45) is 5.92 Å². The highest BCUT2D eigenvalue weighted by atomic mass is 16.5. The number of ether oxygens (including phenoxy) is 1. The minimum Gasteiger partial charge on any atom is -0.468 e. The van der Waals surface area contributed by atoms with Crippen LogP contribution in [-0.2, 0) is 14.9 Å². The van der Waals surface area contributed by atoms with E-state index in [1.807, 2.05) is 18.2 Å². The predicted octanol–water partition coefficient (Wildman–Crippen LogP) is 2.93. The van der Waals surface area contributed by atoms with Crippen LogP contribution in [0, 0.1) is 5.92 Å². The van der Waals surface area contributed by atoms with E-state index in [1.54, 1.807) is 0 Å². The Labute approximate surface area is 152 Å². The Hall–Kier alpha value is -1.39. The molecule has 1 aliphatic carbocycles. The van der Waals surface area contributed by atoms with Crippen molar-refractivity contribution in [1.29, 1.82) is 0 Å². The van der Waals surface area contributed by atoms with Crippen LogP contribution in [0.1, 0.15) is 38.2 Å². The molecular formula is C21H32N2O2. The highest BCUT2D eigenvalue weighted by molar-refractivity contribution is 5.87. The topological polar surface area (TPSA) is 32.8 Å². The van der Waals surface area contributed by atoms with Crippen LogP contribution in [0.25, 0.3) is 0 Å². The van der Waals surface area contributed by atoms with Crippen molar-refractivity contribution in [2.75, 3.05) is 46.4 Å². The molecule has 2 fully saturated rings. The van der Waals surface area contributed by atoms with E-state index in [9.17, 15) is 4.79 Å². The lowest BCUT2D eigenvalue weighted by atomic mass is 9.93. The maximum Gasteiger partial charge on any atom is 0.316 e. The van der Waals surface area contributed by atoms with E-state index in [1.165, 1.54) is 39.5 Å². The fourth-order valence-corrected chi connectivity index (χ4v) is 4.35. The first kappa shape index (κ1) is 18.4. The van der Waals surface area contributed by atoms with Crippen LogP contribution in [0.2, 0.25) is 0 Å². The minimum atomic E-state index is -0.422. The molecule has 1 saturated heterocycles. The van der Waals surface area contributed by atoms with Crippen molar-refractivity contribution < 1.29 is 9.53 Å². The number of esters is 1. The van der Waals surface area contributed by atoms with Gasteiger partial charge in [0.2, 0.25) is 0 Å². The molecule has 1 saturated carbocycles. The van der Waals surface area contributed by atoms with Gasteiger partial charge < -0.3 is 14.5 Å². The van der Waals surface area contributed by atoms with Gasteiger partial charge in [-0.15, -0.1) is 0 Å². The Morgan fingerprint density at radius 2 is 1.96 bits per heavy atom. The van der Waals surface area contributed by atoms with E-state index >= 15 is 0 Å². The molecule has 0 unspecified atom stereocenters. The number of hydrogen-bond acceptors (Lipinski definition) is 4. The first-order valence-corrected chi connectivity index (χ1v) is 9.79. The minimum absolute atomic E-state index is 0.0733. The third-order valence-electron chi connectivity index (χ3n) is 6.05. The Morgan fingerprint density at radius 3 is 2.60 bits per heavy atom. The molecule has 3 rings (SSSR count). The molecule has 2 aliphatic rings. The lowest BCUT2D eigenvalue weighted by Gasteiger charge is -2.30. The maximum absolute atomic E-state index is 12.5. The number of piperidine rings is 1. The number of likely N-dealkylation sites (N-methyl/N-ethyl adjacent to an activating group) is 1. The van der Waals surface area contributed by atoms with Gasteiger partial charge in [0.05, 0.1) is 12.5 Å². The van der Waals surface area contributed by atoms with Gasteiger partial charge in [-0.3, -0.25) is 4.79 Å². The molecule has 1 aromatic rings. The number of carbonyl (C=O) groups is 1. The average Bonchev–Trinajstić information content (AvgIpc) is 3.41. The first-order chi connectivity index (χ1) is 12.2. The summed E-state index contributed by atoms with van der Waals surface area (Å²) in [6, 6.07) is 10.2. The summed E-state index contributed by atoms with van der Waals surface area (Å²) in [7, 11) is 1.51. The molecule has 0 aromatic heterocycles. The van der Waals surface area contributed by atoms with Gasteiger partial charge in [-0.2, -0.15) is 0 Å². The normalized spacial score (nSPS) is 26.6. The quantitative estimate of drug-likeness (QED) is 0.679. The highest BCUT2D eigenvalue weighted by Crippen LogP contribution is 2.55. The number of hydrogen-bond donors (Lipinski definition) is 0. The number of rotatable bonds is 8. The van der Waals surface area contributed by atoms with E-state index in [0.29, 0.717) is 5.92 Å². The SMILES string of the molecule is CCN(CCN1CCCCC1)C[C@@H]1C[C@@]1(C(=O)OC)c1ccccc1. The third-order valence-corrected chi connectivity index (χ3v) is 6.05. The second-order valence-corrected chi connectivity index (χ2v) is 7.53. The number of methoxy groups -OCH3 is 1. The lowest BCUT2D eigenvalue weighted by molar-refractivity contribution is -0.144. The van der Waals surface area contributed by atoms with Crippen LogP contribution in [-0.4, -0.2) is 62.1 Å². The summed E-state index contributed by atoms with van der Waals surface area (Å²) in [5.74, 6) is 0.291. The highest BCUT2D eigenvalue weighted by Gasteiger charge is 2.62. The van der Waals surface area contributed by atoms with Gasteiger partial charge in [-0.25, -0.2) is 0 Å². The number of carbonyl (C=O) groups excluding carboxylic acids is 1. The Kier molecular flexibility index (Phi) is 6.13. The van der Waals surface area contributed by atoms with E-state index < -0.39 is 5.41 Å². The molecule has 0 N–H and O–H groups in total. The molecular weight excluding hydrogens is 312 g/mol. The molecule has 0 amide bonds. The van der Waals surface area contributed by atoms with Crippen LogP contribution in [0.3, 0.4) is 0 Å². The van der Waals surface area contributed by atoms with Gasteiger partial charge in [-0.05, 0) is 50.4 Å². The second-order valence-electron chi connectivity index (χ2n) is 7.53. The fourth-order valence-electron chi connectivity index (χ4n) is 4.35. The molecule has 0 spiro atoms. The summed E-state index contributed by atoms with van der Waals surface area (Å²) in [5.41, 5.74) is 0.688. The zero-order valence-electron chi connectivity index (χ0n) is 15.7. The van der Waals surface area contributed by atoms with Crippen LogP contribution in [0.15, 0.2) is 30.3 Å². The zero-order chi connectivity index (χ0) is 17.7. The van der Waals surface area contributed by atoms with E-state index in [0.717, 1.165) is 38.2 Å². The Bertz CT molecular complexity index is 556. The predicted molar refractivity (Wildman–Crippen MR) is 101 cm³/mol. The van der Waals surface area contributed by atoms with Crippen LogP contribution in [0.5, 0.6) is 0 Å². The van der Waals surface area contributed by atoms with Crippen molar-refractivity contribution in [3.8, 4) is 0 Å². The number of nitrogens with zero attached hydrogens (tertiary/aromatic N) is 2. The van der Waals surface area contributed by atoms with Crippen molar-refractivity contribution in [2.45, 2.75) is 38.0 Å². The third kappa shape index (κ3) is 4.06. The fraction of sp³-hybridized carbons (Fsp3) is 0.667. The molecule has 138 valence electrons. The van der Waals surface area contributed by atoms with Crippen molar-refractivity contribution in [1.82, 2.24) is 9.80 Å². The molecule has 0 bridgehead atoms. The van der Waals surface area contributed by atoms with Gasteiger partial charge in [-0.1, -0.05) is 43.7 Å². The molecule has 1 heterocycles. The van der Waals surface area contributed by atoms with E-state index in [-0.39, 0.29) is 5.97 Å². The Balaban J connectivity index is 1.60. The summed E-state index contributed by atoms with van der Waals surface area (Å²) >= 11 is 0. The Morgan fingerprint density at radius 1 is 1.24 bits per heavy atom. The average molecular weight is 344 g/mol. The molecule has 4 heteroatoms. The van der Waals surface area contributed by atoms with Crippen molar-refractivity contribution >= 4 is 5.97 Å². The lowest BCUT2D eigenvalue weighted by Crippen LogP contribution is -2.39. The monoisotopic (exact) mass is 344 g/mol. The van der Waals surface area contributed by atoms with E-state index in [2.05, 4.69) is 28.9 Å². The van der Waals surface area contributed by atoms with Gasteiger partial charge in [0.1, 0.15) is 0 Å². The number of benzene rings is 1. The van der Waals surface area contributed by atoms with Gasteiger partial charge in [0, 0.05) is 19.6 Å². The first-order valence-electron chi connectivity index (χ1n) is 9.79. The molecule has 1 aliphatic heterocycles. The smallest absolute Gasteiger partial charge is 0.316 e. The summed E-state index contributed by atoms with van der Waals surface area (Å²) in [5, 5.41) is 0. The van der Waals surface area contributed by atoms with Crippen LogP contribution >= 0.6 is 0 Å². The summed E-state index contributed by atoms with van der Waals surface area (Å²) < 4.78 is 5.17. The second kappa shape index (κ2) is 8.33. The van der Waals surface area contributed by atoms with E-state index in [4.69, 9.17) is 4.74 Å². The summed E-state index contributed by atoms with van der Waals surface area (Å²) in [6.07, 6.45) is 4.97. The number of likely N-dealkylation sites (tertiary alicyclic amines) is 1. The molecule has 0 radical (unpaired) electrons. The van der Waals surface area contributed by atoms with Gasteiger partial charge >= 0.3 is 5.97 Å². The van der Waals surface area contributed by atoms with Gasteiger partial charge in [0.25, 0.3) is 0 Å². The van der Waals surface area contributed by atoms with Crippen molar-refractivity contribution in [3.63, 3.8) is 0 Å². The molecule has 2 atom stereocenters. The molecule has 1 aromatic carbocycles. The van der Waals surface area contributed by atoms with Crippen LogP contribution in [0.4, 0.5) is 0 Å². The zero-order valence-corrected chi connectivity index (χ0v) is 15.7. The van der Waals surface area contributed by atoms with Crippen LogP contribution < -0.4 is 0 Å². The molecule has 4 nitrogen and oxygen atoms in total. The summed E-state index contributed by atoms with van der Waals surface area (Å²) in [4.78, 5) is 17.6. The standard InChI is InChI=1S/C21H32N2O2/c1-3-22(14-15-23-12-8-5-9-13-23)17-19-16-21(19,20(24)25-2)18-10-6-4-7-11-18/h4,6-7,10-11,19H,3,5,8-9,12-17H2,1-2H3/t19-,21+/m0/s1. The summed E-state index contributed by atoms with van der Waals surface area (Å²) in [6.45, 7) is 8.98. The van der Waals surface area contributed by atoms with Gasteiger partial charge in [0.15, 0.2) is 0 Å². The largest absolute Gasteiger partial charge is 0.468 e. The molecule has 25 heavy (non-hydrogen) atoms. The van der Waals surface area contributed by atoms with Crippen molar-refractivity contribution in [3.05, 3.63) is 35.9 Å².